The first-order valence-electron chi connectivity index (χ1n) is 5.56. The number of halogens is 1. The van der Waals surface area contributed by atoms with Crippen LogP contribution in [0, 0.1) is 6.92 Å². The van der Waals surface area contributed by atoms with Crippen LogP contribution in [0.2, 0.25) is 0 Å². The summed E-state index contributed by atoms with van der Waals surface area (Å²) < 4.78 is 2.83. The van der Waals surface area contributed by atoms with Crippen LogP contribution in [0.4, 0.5) is 0 Å². The highest BCUT2D eigenvalue weighted by Crippen LogP contribution is 2.22. The Kier molecular flexibility index (Phi) is 3.59. The first-order valence-corrected chi connectivity index (χ1v) is 6.36. The van der Waals surface area contributed by atoms with Gasteiger partial charge in [-0.3, -0.25) is 0 Å². The van der Waals surface area contributed by atoms with Gasteiger partial charge >= 0.3 is 0 Å². The van der Waals surface area contributed by atoms with Gasteiger partial charge in [-0.25, -0.2) is 4.68 Å². The standard InChI is InChI=1S/C12H15BrN4/c1-3-10(14)11-7-17(16-15-11)12-6-4-5-9(13)8(12)2/h4-7,10H,3,14H2,1-2H3. The van der Waals surface area contributed by atoms with Crippen molar-refractivity contribution in [3.05, 3.63) is 40.1 Å². The number of hydrogen-bond acceptors (Lipinski definition) is 3. The van der Waals surface area contributed by atoms with E-state index in [1.54, 1.807) is 4.68 Å². The van der Waals surface area contributed by atoms with Crippen molar-refractivity contribution in [2.75, 3.05) is 0 Å². The van der Waals surface area contributed by atoms with Gasteiger partial charge in [0.15, 0.2) is 0 Å². The van der Waals surface area contributed by atoms with Gasteiger partial charge in [-0.1, -0.05) is 34.1 Å². The van der Waals surface area contributed by atoms with E-state index in [2.05, 4.69) is 26.2 Å². The average molecular weight is 295 g/mol. The average Bonchev–Trinajstić information content (AvgIpc) is 2.81. The normalized spacial score (nSPS) is 12.7. The van der Waals surface area contributed by atoms with Crippen molar-refractivity contribution in [3.63, 3.8) is 0 Å². The maximum Gasteiger partial charge on any atom is 0.0998 e. The molecule has 4 nitrogen and oxygen atoms in total. The summed E-state index contributed by atoms with van der Waals surface area (Å²) in [6.07, 6.45) is 2.75. The highest BCUT2D eigenvalue weighted by molar-refractivity contribution is 9.10. The molecule has 0 aliphatic rings. The summed E-state index contributed by atoms with van der Waals surface area (Å²) >= 11 is 3.51. The number of aromatic nitrogens is 3. The number of hydrogen-bond donors (Lipinski definition) is 1. The Hall–Kier alpha value is -1.20. The fraction of sp³-hybridized carbons (Fsp3) is 0.333. The molecule has 90 valence electrons. The van der Waals surface area contributed by atoms with Crippen molar-refractivity contribution >= 4 is 15.9 Å². The second-order valence-corrected chi connectivity index (χ2v) is 4.84. The highest BCUT2D eigenvalue weighted by atomic mass is 79.9. The van der Waals surface area contributed by atoms with Crippen molar-refractivity contribution < 1.29 is 0 Å². The molecule has 1 atom stereocenters. The lowest BCUT2D eigenvalue weighted by Crippen LogP contribution is -2.08. The molecule has 1 heterocycles. The summed E-state index contributed by atoms with van der Waals surface area (Å²) in [6, 6.07) is 5.95. The Morgan fingerprint density at radius 3 is 2.94 bits per heavy atom. The van der Waals surface area contributed by atoms with Crippen molar-refractivity contribution in [3.8, 4) is 5.69 Å². The molecular weight excluding hydrogens is 280 g/mol. The van der Waals surface area contributed by atoms with Crippen LogP contribution in [-0.4, -0.2) is 15.0 Å². The summed E-state index contributed by atoms with van der Waals surface area (Å²) in [7, 11) is 0. The van der Waals surface area contributed by atoms with Gasteiger partial charge < -0.3 is 5.73 Å². The largest absolute Gasteiger partial charge is 0.323 e. The molecule has 0 radical (unpaired) electrons. The summed E-state index contributed by atoms with van der Waals surface area (Å²) in [5, 5.41) is 8.23. The monoisotopic (exact) mass is 294 g/mol. The smallest absolute Gasteiger partial charge is 0.0998 e. The maximum atomic E-state index is 5.93. The predicted octanol–water partition coefficient (Wildman–Crippen LogP) is 2.75. The number of nitrogens with two attached hydrogens (primary N) is 1. The molecule has 0 bridgehead atoms. The van der Waals surface area contributed by atoms with Gasteiger partial charge in [-0.05, 0) is 31.0 Å². The van der Waals surface area contributed by atoms with Crippen LogP contribution in [0.3, 0.4) is 0 Å². The van der Waals surface area contributed by atoms with Gasteiger partial charge in [0.2, 0.25) is 0 Å². The Labute approximate surface area is 109 Å². The number of benzene rings is 1. The van der Waals surface area contributed by atoms with E-state index in [9.17, 15) is 0 Å². The van der Waals surface area contributed by atoms with Gasteiger partial charge in [0, 0.05) is 4.47 Å². The Balaban J connectivity index is 2.40. The van der Waals surface area contributed by atoms with E-state index in [-0.39, 0.29) is 6.04 Å². The summed E-state index contributed by atoms with van der Waals surface area (Å²) in [5.74, 6) is 0. The molecule has 0 saturated heterocycles. The minimum absolute atomic E-state index is 0.0452. The minimum Gasteiger partial charge on any atom is -0.323 e. The summed E-state index contributed by atoms with van der Waals surface area (Å²) in [6.45, 7) is 4.08. The second-order valence-electron chi connectivity index (χ2n) is 3.99. The molecule has 0 saturated carbocycles. The minimum atomic E-state index is -0.0452. The fourth-order valence-corrected chi connectivity index (χ4v) is 1.97. The summed E-state index contributed by atoms with van der Waals surface area (Å²) in [5.41, 5.74) is 8.90. The number of rotatable bonds is 3. The SMILES string of the molecule is CCC(N)c1cn(-c2cccc(Br)c2C)nn1. The molecule has 0 aliphatic carbocycles. The van der Waals surface area contributed by atoms with E-state index >= 15 is 0 Å². The maximum absolute atomic E-state index is 5.93. The Morgan fingerprint density at radius 2 is 2.24 bits per heavy atom. The third-order valence-corrected chi connectivity index (χ3v) is 3.68. The van der Waals surface area contributed by atoms with Gasteiger partial charge in [0.1, 0.15) is 0 Å². The van der Waals surface area contributed by atoms with Crippen LogP contribution in [-0.2, 0) is 0 Å². The van der Waals surface area contributed by atoms with Gasteiger partial charge in [-0.15, -0.1) is 5.10 Å². The zero-order valence-electron chi connectivity index (χ0n) is 9.89. The van der Waals surface area contributed by atoms with Gasteiger partial charge in [0.25, 0.3) is 0 Å². The fourth-order valence-electron chi connectivity index (χ4n) is 1.62. The van der Waals surface area contributed by atoms with Crippen molar-refractivity contribution in [2.45, 2.75) is 26.3 Å². The van der Waals surface area contributed by atoms with E-state index in [0.717, 1.165) is 27.8 Å². The molecule has 1 unspecified atom stereocenters. The second kappa shape index (κ2) is 4.98. The van der Waals surface area contributed by atoms with Crippen molar-refractivity contribution in [1.82, 2.24) is 15.0 Å². The lowest BCUT2D eigenvalue weighted by atomic mass is 10.2. The van der Waals surface area contributed by atoms with Crippen molar-refractivity contribution in [2.24, 2.45) is 5.73 Å². The molecular formula is C12H15BrN4. The molecule has 5 heteroatoms. The lowest BCUT2D eigenvalue weighted by molar-refractivity contribution is 0.670. The van der Waals surface area contributed by atoms with E-state index in [0.29, 0.717) is 0 Å². The molecule has 0 aliphatic heterocycles. The Bertz CT molecular complexity index is 521. The third kappa shape index (κ3) is 2.40. The topological polar surface area (TPSA) is 56.7 Å². The molecule has 17 heavy (non-hydrogen) atoms. The van der Waals surface area contributed by atoms with E-state index < -0.39 is 0 Å². The molecule has 2 aromatic rings. The van der Waals surface area contributed by atoms with Crippen molar-refractivity contribution in [1.29, 1.82) is 0 Å². The first-order chi connectivity index (χ1) is 8.13. The van der Waals surface area contributed by atoms with Gasteiger partial charge in [0.05, 0.1) is 23.6 Å². The molecule has 2 N–H and O–H groups in total. The van der Waals surface area contributed by atoms with Crippen LogP contribution in [0.15, 0.2) is 28.9 Å². The molecule has 0 fully saturated rings. The molecule has 2 rings (SSSR count). The van der Waals surface area contributed by atoms with Crippen LogP contribution in [0.1, 0.15) is 30.6 Å². The van der Waals surface area contributed by atoms with E-state index in [1.807, 2.05) is 38.2 Å². The third-order valence-electron chi connectivity index (χ3n) is 2.82. The van der Waals surface area contributed by atoms with E-state index in [4.69, 9.17) is 5.73 Å². The first kappa shape index (κ1) is 12.3. The van der Waals surface area contributed by atoms with Crippen LogP contribution in [0.25, 0.3) is 5.69 Å². The molecule has 0 amide bonds. The molecule has 1 aromatic heterocycles. The van der Waals surface area contributed by atoms with Crippen LogP contribution in [0.5, 0.6) is 0 Å². The van der Waals surface area contributed by atoms with E-state index in [1.165, 1.54) is 0 Å². The molecule has 1 aromatic carbocycles. The van der Waals surface area contributed by atoms with Crippen LogP contribution >= 0.6 is 15.9 Å². The lowest BCUT2D eigenvalue weighted by Gasteiger charge is -2.06. The van der Waals surface area contributed by atoms with Crippen LogP contribution < -0.4 is 5.73 Å². The number of nitrogens with zero attached hydrogens (tertiary/aromatic N) is 3. The summed E-state index contributed by atoms with van der Waals surface area (Å²) in [4.78, 5) is 0. The quantitative estimate of drug-likeness (QED) is 0.947. The zero-order valence-corrected chi connectivity index (χ0v) is 11.5. The molecule has 0 spiro atoms. The highest BCUT2D eigenvalue weighted by Gasteiger charge is 2.11. The zero-order chi connectivity index (χ0) is 12.4. The van der Waals surface area contributed by atoms with Gasteiger partial charge in [-0.2, -0.15) is 0 Å². The predicted molar refractivity (Wildman–Crippen MR) is 71.0 cm³/mol. The Morgan fingerprint density at radius 1 is 1.47 bits per heavy atom.